The number of anilines is 1. The first-order valence-corrected chi connectivity index (χ1v) is 9.71. The molecule has 0 aliphatic carbocycles. The minimum Gasteiger partial charge on any atom is -0.348 e. The van der Waals surface area contributed by atoms with Crippen molar-refractivity contribution in [3.8, 4) is 0 Å². The lowest BCUT2D eigenvalue weighted by Crippen LogP contribution is -2.45. The molecular formula is C16H23N3O3S. The molecule has 3 rings (SSSR count). The van der Waals surface area contributed by atoms with Crippen molar-refractivity contribution in [1.82, 2.24) is 10.6 Å². The van der Waals surface area contributed by atoms with E-state index in [1.165, 1.54) is 4.31 Å². The second-order valence-electron chi connectivity index (χ2n) is 6.26. The molecule has 0 spiro atoms. The Morgan fingerprint density at radius 2 is 2.17 bits per heavy atom. The van der Waals surface area contributed by atoms with E-state index in [2.05, 4.69) is 10.6 Å². The maximum atomic E-state index is 12.4. The predicted molar refractivity (Wildman–Crippen MR) is 90.3 cm³/mol. The monoisotopic (exact) mass is 337 g/mol. The molecule has 0 unspecified atom stereocenters. The normalized spacial score (nSPS) is 23.7. The zero-order valence-electron chi connectivity index (χ0n) is 13.3. The highest BCUT2D eigenvalue weighted by Gasteiger charge is 2.29. The lowest BCUT2D eigenvalue weighted by atomic mass is 10.0. The van der Waals surface area contributed by atoms with E-state index in [1.807, 2.05) is 6.92 Å². The summed E-state index contributed by atoms with van der Waals surface area (Å²) >= 11 is 0. The summed E-state index contributed by atoms with van der Waals surface area (Å²) in [6, 6.07) is 5.40. The molecule has 2 aliphatic rings. The third-order valence-corrected chi connectivity index (χ3v) is 6.34. The Hall–Kier alpha value is -1.60. The van der Waals surface area contributed by atoms with Crippen molar-refractivity contribution < 1.29 is 13.2 Å². The van der Waals surface area contributed by atoms with Gasteiger partial charge < -0.3 is 10.6 Å². The summed E-state index contributed by atoms with van der Waals surface area (Å²) in [6.45, 7) is 4.17. The van der Waals surface area contributed by atoms with E-state index in [4.69, 9.17) is 0 Å². The number of carbonyl (C=O) groups is 1. The van der Waals surface area contributed by atoms with Gasteiger partial charge in [0.1, 0.15) is 0 Å². The average molecular weight is 337 g/mol. The molecule has 6 nitrogen and oxygen atoms in total. The molecule has 2 fully saturated rings. The summed E-state index contributed by atoms with van der Waals surface area (Å²) in [5, 5.41) is 6.32. The second kappa shape index (κ2) is 6.49. The van der Waals surface area contributed by atoms with Crippen LogP contribution in [0.1, 0.15) is 35.2 Å². The van der Waals surface area contributed by atoms with Gasteiger partial charge in [0.05, 0.1) is 11.4 Å². The predicted octanol–water partition coefficient (Wildman–Crippen LogP) is 1.02. The van der Waals surface area contributed by atoms with Crippen molar-refractivity contribution in [3.63, 3.8) is 0 Å². The van der Waals surface area contributed by atoms with Gasteiger partial charge in [-0.25, -0.2) is 8.42 Å². The third-order valence-electron chi connectivity index (χ3n) is 4.47. The van der Waals surface area contributed by atoms with Crippen molar-refractivity contribution in [1.29, 1.82) is 0 Å². The van der Waals surface area contributed by atoms with Crippen LogP contribution in [0.5, 0.6) is 0 Å². The number of aryl methyl sites for hydroxylation is 1. The number of nitrogens with zero attached hydrogens (tertiary/aromatic N) is 1. The molecule has 1 aromatic carbocycles. The summed E-state index contributed by atoms with van der Waals surface area (Å²) < 4.78 is 25.4. The number of benzene rings is 1. The van der Waals surface area contributed by atoms with Crippen molar-refractivity contribution in [3.05, 3.63) is 29.3 Å². The van der Waals surface area contributed by atoms with Crippen molar-refractivity contribution in [2.75, 3.05) is 29.7 Å². The van der Waals surface area contributed by atoms with Crippen molar-refractivity contribution in [2.24, 2.45) is 0 Å². The van der Waals surface area contributed by atoms with Crippen LogP contribution in [0.15, 0.2) is 18.2 Å². The Balaban J connectivity index is 1.75. The average Bonchev–Trinajstić information content (AvgIpc) is 2.87. The summed E-state index contributed by atoms with van der Waals surface area (Å²) in [7, 11) is -3.19. The quantitative estimate of drug-likeness (QED) is 0.863. The molecule has 2 heterocycles. The molecule has 0 saturated carbocycles. The van der Waals surface area contributed by atoms with Crippen LogP contribution in [-0.2, 0) is 10.0 Å². The molecule has 2 N–H and O–H groups in total. The smallest absolute Gasteiger partial charge is 0.251 e. The van der Waals surface area contributed by atoms with Crippen LogP contribution in [0.25, 0.3) is 0 Å². The number of sulfonamides is 1. The molecule has 1 aromatic rings. The van der Waals surface area contributed by atoms with Crippen LogP contribution in [-0.4, -0.2) is 45.8 Å². The summed E-state index contributed by atoms with van der Waals surface area (Å²) in [4.78, 5) is 12.4. The number of hydrogen-bond acceptors (Lipinski definition) is 4. The summed E-state index contributed by atoms with van der Waals surface area (Å²) in [5.74, 6) is 0.107. The number of hydrogen-bond donors (Lipinski definition) is 2. The topological polar surface area (TPSA) is 78.5 Å². The Morgan fingerprint density at radius 1 is 1.35 bits per heavy atom. The van der Waals surface area contributed by atoms with E-state index in [9.17, 15) is 13.2 Å². The van der Waals surface area contributed by atoms with E-state index in [1.54, 1.807) is 18.2 Å². The largest absolute Gasteiger partial charge is 0.348 e. The fourth-order valence-corrected chi connectivity index (χ4v) is 4.78. The van der Waals surface area contributed by atoms with Gasteiger partial charge in [-0.15, -0.1) is 0 Å². The molecule has 23 heavy (non-hydrogen) atoms. The van der Waals surface area contributed by atoms with Crippen LogP contribution >= 0.6 is 0 Å². The Bertz CT molecular complexity index is 697. The SMILES string of the molecule is Cc1cc(N2CCCS2(=O)=O)ccc1C(=O)N[C@H]1CCCNC1. The van der Waals surface area contributed by atoms with Gasteiger partial charge in [0, 0.05) is 24.7 Å². The molecule has 1 atom stereocenters. The number of carbonyl (C=O) groups excluding carboxylic acids is 1. The first-order chi connectivity index (χ1) is 11.0. The standard InChI is InChI=1S/C16H23N3O3S/c1-12-10-14(19-8-3-9-23(19,21)22)5-6-15(12)16(20)18-13-4-2-7-17-11-13/h5-6,10,13,17H,2-4,7-9,11H2,1H3,(H,18,20)/t13-/m0/s1. The number of rotatable bonds is 3. The highest BCUT2D eigenvalue weighted by atomic mass is 32.2. The van der Waals surface area contributed by atoms with Crippen LogP contribution < -0.4 is 14.9 Å². The van der Waals surface area contributed by atoms with Gasteiger partial charge in [-0.05, 0) is 56.5 Å². The second-order valence-corrected chi connectivity index (χ2v) is 8.27. The molecule has 0 bridgehead atoms. The van der Waals surface area contributed by atoms with Crippen LogP contribution in [0.3, 0.4) is 0 Å². The van der Waals surface area contributed by atoms with E-state index < -0.39 is 10.0 Å². The lowest BCUT2D eigenvalue weighted by molar-refractivity contribution is 0.0930. The number of amides is 1. The number of nitrogens with one attached hydrogen (secondary N) is 2. The van der Waals surface area contributed by atoms with Gasteiger partial charge >= 0.3 is 0 Å². The van der Waals surface area contributed by atoms with Gasteiger partial charge in [-0.2, -0.15) is 0 Å². The molecule has 0 radical (unpaired) electrons. The highest BCUT2D eigenvalue weighted by molar-refractivity contribution is 7.93. The molecule has 2 saturated heterocycles. The van der Waals surface area contributed by atoms with E-state index in [-0.39, 0.29) is 17.7 Å². The minimum absolute atomic E-state index is 0.0907. The highest BCUT2D eigenvalue weighted by Crippen LogP contribution is 2.26. The maximum absolute atomic E-state index is 12.4. The fraction of sp³-hybridized carbons (Fsp3) is 0.562. The van der Waals surface area contributed by atoms with Gasteiger partial charge in [0.2, 0.25) is 10.0 Å². The zero-order valence-corrected chi connectivity index (χ0v) is 14.2. The van der Waals surface area contributed by atoms with Gasteiger partial charge in [0.15, 0.2) is 0 Å². The Morgan fingerprint density at radius 3 is 2.78 bits per heavy atom. The van der Waals surface area contributed by atoms with Gasteiger partial charge in [-0.1, -0.05) is 0 Å². The summed E-state index contributed by atoms with van der Waals surface area (Å²) in [5.41, 5.74) is 2.05. The minimum atomic E-state index is -3.19. The fourth-order valence-electron chi connectivity index (χ4n) is 3.23. The maximum Gasteiger partial charge on any atom is 0.251 e. The zero-order chi connectivity index (χ0) is 16.4. The third kappa shape index (κ3) is 3.50. The van der Waals surface area contributed by atoms with Crippen LogP contribution in [0.4, 0.5) is 5.69 Å². The van der Waals surface area contributed by atoms with Gasteiger partial charge in [0.25, 0.3) is 5.91 Å². The Kier molecular flexibility index (Phi) is 4.59. The Labute approximate surface area is 137 Å². The number of piperidine rings is 1. The first-order valence-electron chi connectivity index (χ1n) is 8.10. The van der Waals surface area contributed by atoms with E-state index in [0.29, 0.717) is 24.2 Å². The molecule has 126 valence electrons. The van der Waals surface area contributed by atoms with Crippen LogP contribution in [0, 0.1) is 6.92 Å². The molecule has 1 amide bonds. The molecule has 2 aliphatic heterocycles. The molecular weight excluding hydrogens is 314 g/mol. The van der Waals surface area contributed by atoms with Crippen molar-refractivity contribution in [2.45, 2.75) is 32.2 Å². The van der Waals surface area contributed by atoms with Crippen LogP contribution in [0.2, 0.25) is 0 Å². The van der Waals surface area contributed by atoms with Gasteiger partial charge in [-0.3, -0.25) is 9.10 Å². The van der Waals surface area contributed by atoms with E-state index in [0.717, 1.165) is 31.5 Å². The van der Waals surface area contributed by atoms with Crippen molar-refractivity contribution >= 4 is 21.6 Å². The summed E-state index contributed by atoms with van der Waals surface area (Å²) in [6.07, 6.45) is 2.70. The molecule has 0 aromatic heterocycles. The molecule has 7 heteroatoms. The lowest BCUT2D eigenvalue weighted by Gasteiger charge is -2.24. The van der Waals surface area contributed by atoms with E-state index >= 15 is 0 Å². The first kappa shape index (κ1) is 16.3.